The number of nitrogens with one attached hydrogen (secondary N) is 1. The molecule has 1 unspecified atom stereocenters. The molecule has 0 bridgehead atoms. The van der Waals surface area contributed by atoms with Gasteiger partial charge in [0.2, 0.25) is 0 Å². The Balaban J connectivity index is 2.24. The summed E-state index contributed by atoms with van der Waals surface area (Å²) in [7, 11) is 0. The Kier molecular flexibility index (Phi) is 8.35. The highest BCUT2D eigenvalue weighted by Crippen LogP contribution is 2.19. The van der Waals surface area contributed by atoms with Crippen molar-refractivity contribution < 1.29 is 4.74 Å². The van der Waals surface area contributed by atoms with E-state index in [1.54, 1.807) is 0 Å². The lowest BCUT2D eigenvalue weighted by Crippen LogP contribution is -2.25. The van der Waals surface area contributed by atoms with Crippen LogP contribution in [0.25, 0.3) is 0 Å². The molecule has 0 aromatic heterocycles. The highest BCUT2D eigenvalue weighted by atomic mass is 79.9. The van der Waals surface area contributed by atoms with E-state index in [2.05, 4.69) is 66.3 Å². The largest absolute Gasteiger partial charge is 0.380 e. The van der Waals surface area contributed by atoms with Gasteiger partial charge in [0.05, 0.1) is 6.61 Å². The smallest absolute Gasteiger partial charge is 0.0591 e. The van der Waals surface area contributed by atoms with Crippen molar-refractivity contribution in [2.45, 2.75) is 39.7 Å². The summed E-state index contributed by atoms with van der Waals surface area (Å²) in [6.45, 7) is 9.23. The van der Waals surface area contributed by atoms with Crippen LogP contribution in [0.4, 0.5) is 0 Å². The normalized spacial score (nSPS) is 12.9. The average Bonchev–Trinajstić information content (AvgIpc) is 2.39. The van der Waals surface area contributed by atoms with E-state index in [1.807, 2.05) is 0 Å². The predicted molar refractivity (Wildman–Crippen MR) is 85.5 cm³/mol. The minimum absolute atomic E-state index is 0.418. The van der Waals surface area contributed by atoms with Crippen molar-refractivity contribution in [1.29, 1.82) is 0 Å². The third-order valence-corrected chi connectivity index (χ3v) is 3.69. The fourth-order valence-corrected chi connectivity index (χ4v) is 2.18. The first kappa shape index (κ1) is 16.7. The SMILES string of the molecule is CCC(NCCOCCC(C)C)c1ccc(Br)cc1. The van der Waals surface area contributed by atoms with Crippen LogP contribution in [0.1, 0.15) is 45.2 Å². The highest BCUT2D eigenvalue weighted by molar-refractivity contribution is 9.10. The van der Waals surface area contributed by atoms with Crippen molar-refractivity contribution in [2.24, 2.45) is 5.92 Å². The lowest BCUT2D eigenvalue weighted by atomic mass is 10.1. The Morgan fingerprint density at radius 2 is 1.84 bits per heavy atom. The van der Waals surface area contributed by atoms with Gasteiger partial charge in [-0.3, -0.25) is 0 Å². The molecule has 0 aliphatic rings. The molecule has 1 N–H and O–H groups in total. The van der Waals surface area contributed by atoms with Gasteiger partial charge in [0.25, 0.3) is 0 Å². The van der Waals surface area contributed by atoms with E-state index >= 15 is 0 Å². The molecule has 0 amide bonds. The highest BCUT2D eigenvalue weighted by Gasteiger charge is 2.07. The second kappa shape index (κ2) is 9.51. The van der Waals surface area contributed by atoms with E-state index in [4.69, 9.17) is 4.74 Å². The van der Waals surface area contributed by atoms with Crippen LogP contribution < -0.4 is 5.32 Å². The van der Waals surface area contributed by atoms with Gasteiger partial charge in [-0.25, -0.2) is 0 Å². The first-order chi connectivity index (χ1) is 9.13. The quantitative estimate of drug-likeness (QED) is 0.671. The van der Waals surface area contributed by atoms with E-state index < -0.39 is 0 Å². The van der Waals surface area contributed by atoms with Crippen molar-refractivity contribution >= 4 is 15.9 Å². The summed E-state index contributed by atoms with van der Waals surface area (Å²) in [6, 6.07) is 8.95. The van der Waals surface area contributed by atoms with Gasteiger partial charge in [-0.1, -0.05) is 48.8 Å². The van der Waals surface area contributed by atoms with Gasteiger partial charge in [-0.05, 0) is 36.5 Å². The minimum Gasteiger partial charge on any atom is -0.380 e. The molecule has 1 atom stereocenters. The maximum atomic E-state index is 5.62. The molecule has 0 radical (unpaired) electrons. The summed E-state index contributed by atoms with van der Waals surface area (Å²) in [4.78, 5) is 0. The van der Waals surface area contributed by atoms with Gasteiger partial charge in [0.1, 0.15) is 0 Å². The van der Waals surface area contributed by atoms with Gasteiger partial charge in [-0.2, -0.15) is 0 Å². The van der Waals surface area contributed by atoms with Crippen LogP contribution in [0, 0.1) is 5.92 Å². The number of halogens is 1. The molecule has 3 heteroatoms. The summed E-state index contributed by atoms with van der Waals surface area (Å²) >= 11 is 3.47. The van der Waals surface area contributed by atoms with Gasteiger partial charge in [0.15, 0.2) is 0 Å². The average molecular weight is 328 g/mol. The number of hydrogen-bond donors (Lipinski definition) is 1. The summed E-state index contributed by atoms with van der Waals surface area (Å²) in [5.41, 5.74) is 1.34. The second-order valence-corrected chi connectivity index (χ2v) is 6.18. The van der Waals surface area contributed by atoms with Crippen LogP contribution in [0.3, 0.4) is 0 Å². The zero-order valence-electron chi connectivity index (χ0n) is 12.3. The molecule has 1 aromatic rings. The molecule has 0 aliphatic heterocycles. The number of hydrogen-bond acceptors (Lipinski definition) is 2. The van der Waals surface area contributed by atoms with E-state index in [0.29, 0.717) is 6.04 Å². The van der Waals surface area contributed by atoms with Gasteiger partial charge in [-0.15, -0.1) is 0 Å². The fourth-order valence-electron chi connectivity index (χ4n) is 1.92. The van der Waals surface area contributed by atoms with Crippen molar-refractivity contribution in [2.75, 3.05) is 19.8 Å². The molecule has 1 aromatic carbocycles. The molecule has 0 spiro atoms. The summed E-state index contributed by atoms with van der Waals surface area (Å²) in [5.74, 6) is 0.721. The van der Waals surface area contributed by atoms with Crippen LogP contribution in [0.15, 0.2) is 28.7 Å². The number of ether oxygens (including phenoxy) is 1. The van der Waals surface area contributed by atoms with Crippen molar-refractivity contribution in [3.05, 3.63) is 34.3 Å². The molecule has 0 heterocycles. The van der Waals surface area contributed by atoms with E-state index in [0.717, 1.165) is 43.0 Å². The topological polar surface area (TPSA) is 21.3 Å². The van der Waals surface area contributed by atoms with E-state index in [9.17, 15) is 0 Å². The predicted octanol–water partition coefficient (Wildman–Crippen LogP) is 4.55. The molecule has 108 valence electrons. The second-order valence-electron chi connectivity index (χ2n) is 5.26. The van der Waals surface area contributed by atoms with Gasteiger partial charge in [0, 0.05) is 23.7 Å². The minimum atomic E-state index is 0.418. The Hall–Kier alpha value is -0.380. The molecular formula is C16H26BrNO. The van der Waals surface area contributed by atoms with E-state index in [1.165, 1.54) is 5.56 Å². The Bertz CT molecular complexity index is 337. The summed E-state index contributed by atoms with van der Waals surface area (Å²) in [5, 5.41) is 3.55. The number of benzene rings is 1. The zero-order chi connectivity index (χ0) is 14.1. The van der Waals surface area contributed by atoms with Crippen molar-refractivity contribution in [3.8, 4) is 0 Å². The summed E-state index contributed by atoms with van der Waals surface area (Å²) < 4.78 is 6.75. The third-order valence-electron chi connectivity index (χ3n) is 3.16. The molecule has 2 nitrogen and oxygen atoms in total. The van der Waals surface area contributed by atoms with Crippen LogP contribution in [-0.2, 0) is 4.74 Å². The van der Waals surface area contributed by atoms with Crippen LogP contribution in [0.2, 0.25) is 0 Å². The van der Waals surface area contributed by atoms with Crippen LogP contribution >= 0.6 is 15.9 Å². The van der Waals surface area contributed by atoms with Crippen molar-refractivity contribution in [3.63, 3.8) is 0 Å². The zero-order valence-corrected chi connectivity index (χ0v) is 13.9. The number of rotatable bonds is 9. The standard InChI is InChI=1S/C16H26BrNO/c1-4-16(14-5-7-15(17)8-6-14)18-10-12-19-11-9-13(2)3/h5-8,13,16,18H,4,9-12H2,1-3H3. The Morgan fingerprint density at radius 3 is 2.42 bits per heavy atom. The Labute approximate surface area is 126 Å². The molecule has 0 fully saturated rings. The van der Waals surface area contributed by atoms with Crippen LogP contribution in [-0.4, -0.2) is 19.8 Å². The van der Waals surface area contributed by atoms with Gasteiger partial charge < -0.3 is 10.1 Å². The van der Waals surface area contributed by atoms with Gasteiger partial charge >= 0.3 is 0 Å². The molecule has 1 rings (SSSR count). The lowest BCUT2D eigenvalue weighted by Gasteiger charge is -2.17. The summed E-state index contributed by atoms with van der Waals surface area (Å²) in [6.07, 6.45) is 2.23. The monoisotopic (exact) mass is 327 g/mol. The maximum absolute atomic E-state index is 5.62. The fraction of sp³-hybridized carbons (Fsp3) is 0.625. The molecule has 19 heavy (non-hydrogen) atoms. The lowest BCUT2D eigenvalue weighted by molar-refractivity contribution is 0.123. The molecular weight excluding hydrogens is 302 g/mol. The first-order valence-electron chi connectivity index (χ1n) is 7.20. The van der Waals surface area contributed by atoms with Crippen molar-refractivity contribution in [1.82, 2.24) is 5.32 Å². The molecule has 0 aliphatic carbocycles. The van der Waals surface area contributed by atoms with E-state index in [-0.39, 0.29) is 0 Å². The Morgan fingerprint density at radius 1 is 1.16 bits per heavy atom. The maximum Gasteiger partial charge on any atom is 0.0591 e. The molecule has 0 saturated heterocycles. The first-order valence-corrected chi connectivity index (χ1v) is 7.99. The third kappa shape index (κ3) is 7.09. The van der Waals surface area contributed by atoms with Crippen LogP contribution in [0.5, 0.6) is 0 Å². The molecule has 0 saturated carbocycles.